The highest BCUT2D eigenvalue weighted by atomic mass is 19.1. The van der Waals surface area contributed by atoms with Gasteiger partial charge in [-0.3, -0.25) is 9.59 Å². The van der Waals surface area contributed by atoms with E-state index in [4.69, 9.17) is 0 Å². The van der Waals surface area contributed by atoms with Crippen LogP contribution in [0.1, 0.15) is 5.56 Å². The molecular weight excluding hydrogens is 299 g/mol. The molecule has 120 valence electrons. The molecule has 2 aromatic carbocycles. The number of rotatable bonds is 6. The van der Waals surface area contributed by atoms with Gasteiger partial charge >= 0.3 is 5.97 Å². The highest BCUT2D eigenvalue weighted by Gasteiger charge is 2.06. The van der Waals surface area contributed by atoms with Gasteiger partial charge in [0.15, 0.2) is 0 Å². The molecule has 2 N–H and O–H groups in total. The van der Waals surface area contributed by atoms with E-state index < -0.39 is 5.82 Å². The smallest absolute Gasteiger partial charge is 0.309 e. The van der Waals surface area contributed by atoms with Crippen molar-refractivity contribution in [3.8, 4) is 0 Å². The summed E-state index contributed by atoms with van der Waals surface area (Å²) in [7, 11) is 1.33. The van der Waals surface area contributed by atoms with Gasteiger partial charge in [-0.25, -0.2) is 4.39 Å². The third-order valence-corrected chi connectivity index (χ3v) is 3.13. The lowest BCUT2D eigenvalue weighted by atomic mass is 10.1. The summed E-state index contributed by atoms with van der Waals surface area (Å²) in [5, 5.41) is 5.42. The molecule has 0 atom stereocenters. The topological polar surface area (TPSA) is 67.4 Å². The predicted molar refractivity (Wildman–Crippen MR) is 85.7 cm³/mol. The van der Waals surface area contributed by atoms with Crippen molar-refractivity contribution in [3.63, 3.8) is 0 Å². The van der Waals surface area contributed by atoms with E-state index in [1.807, 2.05) is 0 Å². The van der Waals surface area contributed by atoms with Gasteiger partial charge in [-0.15, -0.1) is 0 Å². The van der Waals surface area contributed by atoms with Crippen LogP contribution in [0.2, 0.25) is 0 Å². The lowest BCUT2D eigenvalue weighted by Gasteiger charge is -2.09. The molecule has 2 aromatic rings. The quantitative estimate of drug-likeness (QED) is 0.804. The summed E-state index contributed by atoms with van der Waals surface area (Å²) in [6.45, 7) is -0.0507. The van der Waals surface area contributed by atoms with Crippen LogP contribution >= 0.6 is 0 Å². The maximum absolute atomic E-state index is 13.4. The van der Waals surface area contributed by atoms with Crippen molar-refractivity contribution in [3.05, 3.63) is 59.9 Å². The van der Waals surface area contributed by atoms with Crippen LogP contribution in [0.15, 0.2) is 48.5 Å². The summed E-state index contributed by atoms with van der Waals surface area (Å²) in [6.07, 6.45) is 0.180. The number of hydrogen-bond acceptors (Lipinski definition) is 4. The molecule has 0 unspecified atom stereocenters. The Morgan fingerprint density at radius 1 is 1.09 bits per heavy atom. The van der Waals surface area contributed by atoms with Crippen molar-refractivity contribution >= 4 is 23.3 Å². The number of para-hydroxylation sites is 1. The van der Waals surface area contributed by atoms with Crippen LogP contribution in [0.3, 0.4) is 0 Å². The van der Waals surface area contributed by atoms with E-state index >= 15 is 0 Å². The van der Waals surface area contributed by atoms with Crippen LogP contribution < -0.4 is 10.6 Å². The van der Waals surface area contributed by atoms with Gasteiger partial charge in [-0.2, -0.15) is 0 Å². The summed E-state index contributed by atoms with van der Waals surface area (Å²) < 4.78 is 18.0. The molecule has 0 bridgehead atoms. The molecule has 0 aromatic heterocycles. The third-order valence-electron chi connectivity index (χ3n) is 3.13. The molecule has 0 spiro atoms. The molecule has 1 amide bonds. The Labute approximate surface area is 133 Å². The van der Waals surface area contributed by atoms with E-state index in [0.29, 0.717) is 5.69 Å². The maximum Gasteiger partial charge on any atom is 0.309 e. The summed E-state index contributed by atoms with van der Waals surface area (Å²) in [5.74, 6) is -1.03. The number of halogens is 1. The molecule has 0 saturated carbocycles. The Kier molecular flexibility index (Phi) is 5.68. The number of carbonyl (C=O) groups excluding carboxylic acids is 2. The molecular formula is C17H17FN2O3. The largest absolute Gasteiger partial charge is 0.469 e. The first-order chi connectivity index (χ1) is 11.1. The SMILES string of the molecule is COC(=O)Cc1ccc(NC(=O)CNc2ccccc2F)cc1. The van der Waals surface area contributed by atoms with Gasteiger partial charge in [0.05, 0.1) is 25.8 Å². The zero-order valence-corrected chi connectivity index (χ0v) is 12.6. The normalized spacial score (nSPS) is 10.0. The van der Waals surface area contributed by atoms with Gasteiger partial charge in [0.25, 0.3) is 0 Å². The van der Waals surface area contributed by atoms with Gasteiger partial charge in [-0.05, 0) is 29.8 Å². The molecule has 6 heteroatoms. The summed E-state index contributed by atoms with van der Waals surface area (Å²) >= 11 is 0. The fraction of sp³-hybridized carbons (Fsp3) is 0.176. The first-order valence-electron chi connectivity index (χ1n) is 7.02. The minimum Gasteiger partial charge on any atom is -0.469 e. The molecule has 5 nitrogen and oxygen atoms in total. The molecule has 0 heterocycles. The van der Waals surface area contributed by atoms with Crippen LogP contribution in [-0.4, -0.2) is 25.5 Å². The lowest BCUT2D eigenvalue weighted by Crippen LogP contribution is -2.22. The maximum atomic E-state index is 13.4. The van der Waals surface area contributed by atoms with E-state index in [1.54, 1.807) is 42.5 Å². The molecule has 0 aliphatic heterocycles. The van der Waals surface area contributed by atoms with Crippen molar-refractivity contribution in [2.24, 2.45) is 0 Å². The number of amides is 1. The molecule has 23 heavy (non-hydrogen) atoms. The fourth-order valence-corrected chi connectivity index (χ4v) is 1.93. The van der Waals surface area contributed by atoms with Gasteiger partial charge < -0.3 is 15.4 Å². The van der Waals surface area contributed by atoms with E-state index in [9.17, 15) is 14.0 Å². The Balaban J connectivity index is 1.85. The Bertz CT molecular complexity index is 686. The highest BCUT2D eigenvalue weighted by molar-refractivity contribution is 5.93. The number of ether oxygens (including phenoxy) is 1. The van der Waals surface area contributed by atoms with Gasteiger partial charge in [-0.1, -0.05) is 24.3 Å². The fourth-order valence-electron chi connectivity index (χ4n) is 1.93. The van der Waals surface area contributed by atoms with Crippen molar-refractivity contribution in [2.75, 3.05) is 24.3 Å². The van der Waals surface area contributed by atoms with Crippen molar-refractivity contribution in [1.29, 1.82) is 0 Å². The number of esters is 1. The minimum absolute atomic E-state index is 0.0507. The number of carbonyl (C=O) groups is 2. The van der Waals surface area contributed by atoms with Crippen molar-refractivity contribution in [1.82, 2.24) is 0 Å². The van der Waals surface area contributed by atoms with Crippen LogP contribution in [0.25, 0.3) is 0 Å². The Morgan fingerprint density at radius 2 is 1.78 bits per heavy atom. The van der Waals surface area contributed by atoms with Crippen LogP contribution in [-0.2, 0) is 20.7 Å². The second-order valence-corrected chi connectivity index (χ2v) is 4.83. The first-order valence-corrected chi connectivity index (χ1v) is 7.02. The number of hydrogen-bond donors (Lipinski definition) is 2. The predicted octanol–water partition coefficient (Wildman–Crippen LogP) is 2.59. The minimum atomic E-state index is -0.410. The van der Waals surface area contributed by atoms with Crippen molar-refractivity contribution in [2.45, 2.75) is 6.42 Å². The standard InChI is InChI=1S/C17H17FN2O3/c1-23-17(22)10-12-6-8-13(9-7-12)20-16(21)11-19-15-5-3-2-4-14(15)18/h2-9,19H,10-11H2,1H3,(H,20,21). The number of anilines is 2. The van der Waals surface area contributed by atoms with E-state index in [2.05, 4.69) is 15.4 Å². The van der Waals surface area contributed by atoms with Crippen LogP contribution in [0.4, 0.5) is 15.8 Å². The molecule has 2 rings (SSSR count). The number of nitrogens with one attached hydrogen (secondary N) is 2. The monoisotopic (exact) mass is 316 g/mol. The third kappa shape index (κ3) is 5.10. The van der Waals surface area contributed by atoms with E-state index in [-0.39, 0.29) is 30.5 Å². The second-order valence-electron chi connectivity index (χ2n) is 4.83. The summed E-state index contributed by atoms with van der Waals surface area (Å²) in [5.41, 5.74) is 1.66. The average molecular weight is 316 g/mol. The highest BCUT2D eigenvalue weighted by Crippen LogP contribution is 2.13. The molecule has 0 fully saturated rings. The molecule has 0 aliphatic rings. The number of benzene rings is 2. The Morgan fingerprint density at radius 3 is 2.43 bits per heavy atom. The van der Waals surface area contributed by atoms with Gasteiger partial charge in [0, 0.05) is 5.69 Å². The summed E-state index contributed by atoms with van der Waals surface area (Å²) in [6, 6.07) is 13.0. The van der Waals surface area contributed by atoms with Crippen LogP contribution in [0.5, 0.6) is 0 Å². The first kappa shape index (κ1) is 16.5. The molecule has 0 radical (unpaired) electrons. The van der Waals surface area contributed by atoms with Gasteiger partial charge in [0.1, 0.15) is 5.82 Å². The average Bonchev–Trinajstić information content (AvgIpc) is 2.56. The zero-order chi connectivity index (χ0) is 16.7. The summed E-state index contributed by atoms with van der Waals surface area (Å²) in [4.78, 5) is 23.0. The molecule has 0 saturated heterocycles. The Hall–Kier alpha value is -2.89. The van der Waals surface area contributed by atoms with E-state index in [1.165, 1.54) is 13.2 Å². The lowest BCUT2D eigenvalue weighted by molar-refractivity contribution is -0.139. The second kappa shape index (κ2) is 7.93. The molecule has 0 aliphatic carbocycles. The zero-order valence-electron chi connectivity index (χ0n) is 12.6. The van der Waals surface area contributed by atoms with E-state index in [0.717, 1.165) is 5.56 Å². The number of methoxy groups -OCH3 is 1. The van der Waals surface area contributed by atoms with Gasteiger partial charge in [0.2, 0.25) is 5.91 Å². The van der Waals surface area contributed by atoms with Crippen molar-refractivity contribution < 1.29 is 18.7 Å². The van der Waals surface area contributed by atoms with Crippen LogP contribution in [0, 0.1) is 5.82 Å².